The average molecular weight is 273 g/mol. The molecular formula is C17H27N3. The molecule has 1 saturated carbocycles. The lowest BCUT2D eigenvalue weighted by molar-refractivity contribution is 0.601. The van der Waals surface area contributed by atoms with Crippen molar-refractivity contribution in [1.29, 1.82) is 0 Å². The van der Waals surface area contributed by atoms with Gasteiger partial charge in [0.05, 0.1) is 0 Å². The summed E-state index contributed by atoms with van der Waals surface area (Å²) in [6.45, 7) is 16.0. The van der Waals surface area contributed by atoms with Gasteiger partial charge in [0.15, 0.2) is 0 Å². The summed E-state index contributed by atoms with van der Waals surface area (Å²) in [5, 5.41) is 6.74. The number of nitrogens with one attached hydrogen (secondary N) is 2. The first kappa shape index (κ1) is 16.3. The lowest BCUT2D eigenvalue weighted by atomic mass is 9.98. The van der Waals surface area contributed by atoms with Gasteiger partial charge < -0.3 is 10.6 Å². The van der Waals surface area contributed by atoms with Crippen molar-refractivity contribution in [3.05, 3.63) is 47.0 Å². The van der Waals surface area contributed by atoms with Gasteiger partial charge in [0.1, 0.15) is 5.82 Å². The van der Waals surface area contributed by atoms with E-state index in [1.54, 1.807) is 6.08 Å². The molecule has 1 aliphatic carbocycles. The zero-order valence-electron chi connectivity index (χ0n) is 13.4. The number of rotatable bonds is 7. The van der Waals surface area contributed by atoms with E-state index in [0.717, 1.165) is 22.7 Å². The lowest BCUT2D eigenvalue weighted by Gasteiger charge is -2.20. The standard InChI is InChI=1S/C17H27N3/c1-8-9-14(18-6)15(12(2)3)13(4)16(19-7)20-17(5)10-11-17/h8-9,18,20H,1,7,10-11H2,2-6H3/b14-9-,16-13-. The van der Waals surface area contributed by atoms with Gasteiger partial charge in [0.25, 0.3) is 0 Å². The number of aliphatic imine (C=N–C) groups is 1. The highest BCUT2D eigenvalue weighted by Gasteiger charge is 2.38. The van der Waals surface area contributed by atoms with Gasteiger partial charge in [-0.15, -0.1) is 0 Å². The minimum absolute atomic E-state index is 0.187. The Bertz CT molecular complexity index is 484. The molecule has 0 saturated heterocycles. The summed E-state index contributed by atoms with van der Waals surface area (Å²) in [5.41, 5.74) is 4.73. The van der Waals surface area contributed by atoms with Gasteiger partial charge in [0.2, 0.25) is 0 Å². The highest BCUT2D eigenvalue weighted by Crippen LogP contribution is 2.36. The summed E-state index contributed by atoms with van der Waals surface area (Å²) in [6, 6.07) is 0. The van der Waals surface area contributed by atoms with E-state index in [9.17, 15) is 0 Å². The molecule has 3 heteroatoms. The molecule has 2 N–H and O–H groups in total. The van der Waals surface area contributed by atoms with Crippen molar-refractivity contribution in [2.75, 3.05) is 7.05 Å². The summed E-state index contributed by atoms with van der Waals surface area (Å²) in [7, 11) is 1.92. The first-order valence-electron chi connectivity index (χ1n) is 7.03. The Hall–Kier alpha value is -1.77. The Kier molecular flexibility index (Phi) is 5.37. The van der Waals surface area contributed by atoms with Crippen molar-refractivity contribution in [3.63, 3.8) is 0 Å². The van der Waals surface area contributed by atoms with Gasteiger partial charge in [0, 0.05) is 29.4 Å². The van der Waals surface area contributed by atoms with Crippen LogP contribution in [0.15, 0.2) is 52.0 Å². The molecule has 1 rings (SSSR count). The predicted octanol–water partition coefficient (Wildman–Crippen LogP) is 3.69. The van der Waals surface area contributed by atoms with Gasteiger partial charge in [-0.1, -0.05) is 18.2 Å². The molecule has 0 bridgehead atoms. The van der Waals surface area contributed by atoms with Crippen molar-refractivity contribution in [2.24, 2.45) is 4.99 Å². The Balaban J connectivity index is 3.25. The highest BCUT2D eigenvalue weighted by atomic mass is 15.1. The molecule has 0 aromatic rings. The Labute approximate surface area is 123 Å². The minimum Gasteiger partial charge on any atom is -0.388 e. The third-order valence-corrected chi connectivity index (χ3v) is 3.63. The van der Waals surface area contributed by atoms with Crippen LogP contribution in [0.4, 0.5) is 0 Å². The van der Waals surface area contributed by atoms with Gasteiger partial charge in [-0.05, 0) is 53.3 Å². The largest absolute Gasteiger partial charge is 0.388 e. The van der Waals surface area contributed by atoms with Crippen molar-refractivity contribution >= 4 is 6.72 Å². The molecule has 0 heterocycles. The molecule has 1 fully saturated rings. The zero-order valence-corrected chi connectivity index (χ0v) is 13.4. The van der Waals surface area contributed by atoms with Gasteiger partial charge in [-0.25, -0.2) is 4.99 Å². The fraction of sp³-hybridized carbons (Fsp3) is 0.471. The number of allylic oxidation sites excluding steroid dienone is 4. The van der Waals surface area contributed by atoms with E-state index in [-0.39, 0.29) is 5.54 Å². The van der Waals surface area contributed by atoms with E-state index in [0.29, 0.717) is 0 Å². The number of likely N-dealkylation sites (N-methyl/N-ethyl adjacent to an activating group) is 1. The molecule has 20 heavy (non-hydrogen) atoms. The predicted molar refractivity (Wildman–Crippen MR) is 88.7 cm³/mol. The second-order valence-corrected chi connectivity index (χ2v) is 5.76. The number of hydrogen-bond acceptors (Lipinski definition) is 3. The van der Waals surface area contributed by atoms with Crippen LogP contribution in [0.1, 0.15) is 40.5 Å². The van der Waals surface area contributed by atoms with Gasteiger partial charge in [-0.3, -0.25) is 0 Å². The fourth-order valence-electron chi connectivity index (χ4n) is 2.22. The van der Waals surface area contributed by atoms with Crippen LogP contribution in [0.3, 0.4) is 0 Å². The van der Waals surface area contributed by atoms with Gasteiger partial charge in [-0.2, -0.15) is 0 Å². The maximum absolute atomic E-state index is 4.20. The van der Waals surface area contributed by atoms with Crippen LogP contribution < -0.4 is 10.6 Å². The topological polar surface area (TPSA) is 36.4 Å². The molecule has 0 aromatic heterocycles. The fourth-order valence-corrected chi connectivity index (χ4v) is 2.22. The SMILES string of the molecule is C=C/C=C(\NC)C(=C(C)C)/C(C)=C(/N=C)NC1(C)CC1. The molecule has 110 valence electrons. The second kappa shape index (κ2) is 6.60. The normalized spacial score (nSPS) is 17.8. The van der Waals surface area contributed by atoms with Crippen molar-refractivity contribution in [3.8, 4) is 0 Å². The molecule has 0 amide bonds. The van der Waals surface area contributed by atoms with E-state index in [4.69, 9.17) is 0 Å². The monoisotopic (exact) mass is 273 g/mol. The van der Waals surface area contributed by atoms with Crippen molar-refractivity contribution in [2.45, 2.75) is 46.1 Å². The maximum atomic E-state index is 4.20. The summed E-state index contributed by atoms with van der Waals surface area (Å²) < 4.78 is 0. The highest BCUT2D eigenvalue weighted by molar-refractivity contribution is 5.51. The molecule has 1 aliphatic rings. The van der Waals surface area contributed by atoms with E-state index >= 15 is 0 Å². The molecule has 0 aromatic carbocycles. The molecule has 0 aliphatic heterocycles. The molecule has 0 atom stereocenters. The molecule has 3 nitrogen and oxygen atoms in total. The first-order chi connectivity index (χ1) is 9.38. The van der Waals surface area contributed by atoms with Crippen LogP contribution in [0.2, 0.25) is 0 Å². The molecular weight excluding hydrogens is 246 g/mol. The van der Waals surface area contributed by atoms with Crippen LogP contribution in [-0.4, -0.2) is 19.3 Å². The Morgan fingerprint density at radius 2 is 1.85 bits per heavy atom. The maximum Gasteiger partial charge on any atom is 0.129 e. The quantitative estimate of drug-likeness (QED) is 0.548. The van der Waals surface area contributed by atoms with E-state index < -0.39 is 0 Å². The molecule has 0 radical (unpaired) electrons. The van der Waals surface area contributed by atoms with Crippen LogP contribution in [-0.2, 0) is 0 Å². The third kappa shape index (κ3) is 3.86. The minimum atomic E-state index is 0.187. The zero-order chi connectivity index (χ0) is 15.3. The lowest BCUT2D eigenvalue weighted by Crippen LogP contribution is -2.27. The Morgan fingerprint density at radius 3 is 2.20 bits per heavy atom. The number of nitrogens with zero attached hydrogens (tertiary/aromatic N) is 1. The van der Waals surface area contributed by atoms with E-state index in [1.807, 2.05) is 13.1 Å². The summed E-state index contributed by atoms with van der Waals surface area (Å²) >= 11 is 0. The smallest absolute Gasteiger partial charge is 0.129 e. The second-order valence-electron chi connectivity index (χ2n) is 5.76. The van der Waals surface area contributed by atoms with Gasteiger partial charge >= 0.3 is 0 Å². The van der Waals surface area contributed by atoms with Crippen LogP contribution in [0, 0.1) is 0 Å². The van der Waals surface area contributed by atoms with Crippen LogP contribution in [0.5, 0.6) is 0 Å². The average Bonchev–Trinajstić information content (AvgIpc) is 3.12. The Morgan fingerprint density at radius 1 is 1.25 bits per heavy atom. The van der Waals surface area contributed by atoms with E-state index in [2.05, 4.69) is 56.6 Å². The van der Waals surface area contributed by atoms with Crippen molar-refractivity contribution in [1.82, 2.24) is 10.6 Å². The van der Waals surface area contributed by atoms with Crippen molar-refractivity contribution < 1.29 is 0 Å². The first-order valence-corrected chi connectivity index (χ1v) is 7.03. The third-order valence-electron chi connectivity index (χ3n) is 3.63. The van der Waals surface area contributed by atoms with Crippen LogP contribution >= 0.6 is 0 Å². The summed E-state index contributed by atoms with van der Waals surface area (Å²) in [4.78, 5) is 4.20. The molecule has 0 unspecified atom stereocenters. The summed E-state index contributed by atoms with van der Waals surface area (Å²) in [6.07, 6.45) is 6.14. The number of hydrogen-bond donors (Lipinski definition) is 2. The summed E-state index contributed by atoms with van der Waals surface area (Å²) in [5.74, 6) is 0.867. The molecule has 0 spiro atoms. The van der Waals surface area contributed by atoms with E-state index in [1.165, 1.54) is 18.4 Å². The van der Waals surface area contributed by atoms with Crippen LogP contribution in [0.25, 0.3) is 0 Å².